The van der Waals surface area contributed by atoms with Crippen molar-refractivity contribution in [3.63, 3.8) is 0 Å². The Labute approximate surface area is 159 Å². The molecule has 0 bridgehead atoms. The number of carbonyl (C=O) groups is 1. The van der Waals surface area contributed by atoms with Crippen LogP contribution in [0.3, 0.4) is 0 Å². The number of rotatable bonds is 6. The molecular formula is C21H20F5NO. The van der Waals surface area contributed by atoms with Gasteiger partial charge in [-0.25, -0.2) is 8.78 Å². The SMILES string of the molecule is C[C@H](C(=O)C[C@H]1Cc2ccccc2[C@@H]1NCC(F)(F)F)c1ccc(F)cc1F. The molecule has 28 heavy (non-hydrogen) atoms. The summed E-state index contributed by atoms with van der Waals surface area (Å²) < 4.78 is 65.2. The van der Waals surface area contributed by atoms with E-state index in [1.807, 2.05) is 6.07 Å². The maximum atomic E-state index is 14.0. The Balaban J connectivity index is 1.76. The van der Waals surface area contributed by atoms with E-state index in [0.717, 1.165) is 23.3 Å². The Bertz CT molecular complexity index is 864. The molecule has 0 unspecified atom stereocenters. The highest BCUT2D eigenvalue weighted by molar-refractivity contribution is 5.85. The van der Waals surface area contributed by atoms with Gasteiger partial charge in [-0.1, -0.05) is 37.3 Å². The van der Waals surface area contributed by atoms with E-state index in [9.17, 15) is 26.7 Å². The smallest absolute Gasteiger partial charge is 0.302 e. The summed E-state index contributed by atoms with van der Waals surface area (Å²) in [7, 11) is 0. The Kier molecular flexibility index (Phi) is 5.84. The maximum Gasteiger partial charge on any atom is 0.401 e. The van der Waals surface area contributed by atoms with E-state index in [1.165, 1.54) is 13.0 Å². The largest absolute Gasteiger partial charge is 0.401 e. The molecule has 1 aliphatic rings. The lowest BCUT2D eigenvalue weighted by Gasteiger charge is -2.23. The van der Waals surface area contributed by atoms with Gasteiger partial charge in [-0.3, -0.25) is 4.79 Å². The average molecular weight is 397 g/mol. The second kappa shape index (κ2) is 7.99. The number of ketones is 1. The number of benzene rings is 2. The minimum atomic E-state index is -4.36. The van der Waals surface area contributed by atoms with Crippen molar-refractivity contribution in [2.75, 3.05) is 6.54 Å². The zero-order valence-electron chi connectivity index (χ0n) is 15.2. The van der Waals surface area contributed by atoms with Gasteiger partial charge < -0.3 is 5.32 Å². The first-order valence-corrected chi connectivity index (χ1v) is 9.01. The fourth-order valence-electron chi connectivity index (χ4n) is 3.83. The molecule has 0 aliphatic heterocycles. The van der Waals surface area contributed by atoms with Crippen molar-refractivity contribution in [2.24, 2.45) is 5.92 Å². The molecular weight excluding hydrogens is 377 g/mol. The summed E-state index contributed by atoms with van der Waals surface area (Å²) in [5.41, 5.74) is 1.74. The molecule has 0 saturated heterocycles. The third-order valence-electron chi connectivity index (χ3n) is 5.24. The molecule has 0 spiro atoms. The molecule has 2 aromatic rings. The van der Waals surface area contributed by atoms with Crippen molar-refractivity contribution in [1.29, 1.82) is 0 Å². The predicted octanol–water partition coefficient (Wildman–Crippen LogP) is 5.09. The number of carbonyl (C=O) groups excluding carboxylic acids is 1. The molecule has 0 heterocycles. The fourth-order valence-corrected chi connectivity index (χ4v) is 3.83. The van der Waals surface area contributed by atoms with Gasteiger partial charge in [0, 0.05) is 24.4 Å². The van der Waals surface area contributed by atoms with Crippen LogP contribution in [0.1, 0.15) is 42.0 Å². The molecule has 1 N–H and O–H groups in total. The third kappa shape index (κ3) is 4.58. The van der Waals surface area contributed by atoms with Gasteiger partial charge in [-0.05, 0) is 35.1 Å². The topological polar surface area (TPSA) is 29.1 Å². The lowest BCUT2D eigenvalue weighted by molar-refractivity contribution is -0.127. The first-order chi connectivity index (χ1) is 13.2. The number of nitrogens with one attached hydrogen (secondary N) is 1. The van der Waals surface area contributed by atoms with Gasteiger partial charge in [-0.15, -0.1) is 0 Å². The van der Waals surface area contributed by atoms with E-state index >= 15 is 0 Å². The molecule has 150 valence electrons. The number of fused-ring (bicyclic) bond motifs is 1. The van der Waals surface area contributed by atoms with E-state index in [2.05, 4.69) is 5.32 Å². The summed E-state index contributed by atoms with van der Waals surface area (Å²) in [6, 6.07) is 9.59. The molecule has 0 aromatic heterocycles. The molecule has 3 atom stereocenters. The number of halogens is 5. The average Bonchev–Trinajstić information content (AvgIpc) is 2.96. The van der Waals surface area contributed by atoms with Gasteiger partial charge >= 0.3 is 6.18 Å². The highest BCUT2D eigenvalue weighted by Crippen LogP contribution is 2.39. The van der Waals surface area contributed by atoms with Crippen LogP contribution >= 0.6 is 0 Å². The quantitative estimate of drug-likeness (QED) is 0.688. The molecule has 0 saturated carbocycles. The summed E-state index contributed by atoms with van der Waals surface area (Å²) in [5, 5.41) is 2.53. The molecule has 0 amide bonds. The van der Waals surface area contributed by atoms with Crippen LogP contribution in [0.25, 0.3) is 0 Å². The lowest BCUT2D eigenvalue weighted by atomic mass is 9.87. The number of hydrogen-bond acceptors (Lipinski definition) is 2. The van der Waals surface area contributed by atoms with Crippen molar-refractivity contribution >= 4 is 5.78 Å². The van der Waals surface area contributed by atoms with E-state index < -0.39 is 36.3 Å². The van der Waals surface area contributed by atoms with Crippen LogP contribution in [0.15, 0.2) is 42.5 Å². The maximum absolute atomic E-state index is 14.0. The Morgan fingerprint density at radius 1 is 1.18 bits per heavy atom. The van der Waals surface area contributed by atoms with Gasteiger partial charge in [0.25, 0.3) is 0 Å². The molecule has 0 fully saturated rings. The molecule has 1 aliphatic carbocycles. The van der Waals surface area contributed by atoms with E-state index in [0.29, 0.717) is 6.42 Å². The zero-order valence-corrected chi connectivity index (χ0v) is 15.2. The summed E-state index contributed by atoms with van der Waals surface area (Å²) in [6.45, 7) is 0.373. The minimum Gasteiger partial charge on any atom is -0.302 e. The lowest BCUT2D eigenvalue weighted by Crippen LogP contribution is -2.35. The summed E-state index contributed by atoms with van der Waals surface area (Å²) in [6.07, 6.45) is -3.89. The highest BCUT2D eigenvalue weighted by atomic mass is 19.4. The monoisotopic (exact) mass is 397 g/mol. The molecule has 2 nitrogen and oxygen atoms in total. The van der Waals surface area contributed by atoms with Crippen LogP contribution in [0.5, 0.6) is 0 Å². The first kappa shape index (κ1) is 20.5. The summed E-state index contributed by atoms with van der Waals surface area (Å²) >= 11 is 0. The van der Waals surface area contributed by atoms with Crippen molar-refractivity contribution < 1.29 is 26.7 Å². The van der Waals surface area contributed by atoms with Gasteiger partial charge in [-0.2, -0.15) is 13.2 Å². The Hall–Kier alpha value is -2.28. The van der Waals surface area contributed by atoms with Crippen LogP contribution in [-0.2, 0) is 11.2 Å². The molecule has 3 rings (SSSR count). The van der Waals surface area contributed by atoms with Crippen molar-refractivity contribution in [1.82, 2.24) is 5.32 Å². The van der Waals surface area contributed by atoms with Crippen LogP contribution in [0, 0.1) is 17.6 Å². The molecule has 2 aromatic carbocycles. The number of alkyl halides is 3. The van der Waals surface area contributed by atoms with Gasteiger partial charge in [0.15, 0.2) is 0 Å². The molecule has 7 heteroatoms. The van der Waals surface area contributed by atoms with E-state index in [-0.39, 0.29) is 23.7 Å². The normalized spacial score (nSPS) is 20.1. The van der Waals surface area contributed by atoms with Gasteiger partial charge in [0.2, 0.25) is 0 Å². The molecule has 0 radical (unpaired) electrons. The van der Waals surface area contributed by atoms with Crippen LogP contribution in [-0.4, -0.2) is 18.5 Å². The van der Waals surface area contributed by atoms with Crippen LogP contribution < -0.4 is 5.32 Å². The fraction of sp³-hybridized carbons (Fsp3) is 0.381. The van der Waals surface area contributed by atoms with E-state index in [1.54, 1.807) is 18.2 Å². The summed E-state index contributed by atoms with van der Waals surface area (Å²) in [5.74, 6) is -3.00. The zero-order chi connectivity index (χ0) is 20.5. The predicted molar refractivity (Wildman–Crippen MR) is 94.8 cm³/mol. The van der Waals surface area contributed by atoms with Crippen molar-refractivity contribution in [3.8, 4) is 0 Å². The third-order valence-corrected chi connectivity index (χ3v) is 5.24. The number of hydrogen-bond donors (Lipinski definition) is 1. The second-order valence-corrected chi connectivity index (χ2v) is 7.19. The standard InChI is InChI=1S/C21H20F5NO/c1-12(16-7-6-15(22)10-18(16)23)19(28)9-14-8-13-4-2-3-5-17(13)20(14)27-11-21(24,25)26/h2-7,10,12,14,20,27H,8-9,11H2,1H3/t12-,14+,20+/m0/s1. The Morgan fingerprint density at radius 2 is 1.89 bits per heavy atom. The van der Waals surface area contributed by atoms with Crippen molar-refractivity contribution in [3.05, 3.63) is 70.8 Å². The highest BCUT2D eigenvalue weighted by Gasteiger charge is 2.37. The van der Waals surface area contributed by atoms with Crippen LogP contribution in [0.4, 0.5) is 22.0 Å². The summed E-state index contributed by atoms with van der Waals surface area (Å²) in [4.78, 5) is 12.7. The van der Waals surface area contributed by atoms with Gasteiger partial charge in [0.1, 0.15) is 17.4 Å². The minimum absolute atomic E-state index is 0.00217. The van der Waals surface area contributed by atoms with E-state index in [4.69, 9.17) is 0 Å². The number of Topliss-reactive ketones (excluding diaryl/α,β-unsaturated/α-hetero) is 1. The Morgan fingerprint density at radius 3 is 2.57 bits per heavy atom. The van der Waals surface area contributed by atoms with Crippen LogP contribution in [0.2, 0.25) is 0 Å². The van der Waals surface area contributed by atoms with Gasteiger partial charge in [0.05, 0.1) is 6.54 Å². The second-order valence-electron chi connectivity index (χ2n) is 7.19. The van der Waals surface area contributed by atoms with Crippen molar-refractivity contribution in [2.45, 2.75) is 37.9 Å². The first-order valence-electron chi connectivity index (χ1n) is 9.01.